The van der Waals surface area contributed by atoms with Crippen molar-refractivity contribution in [3.63, 3.8) is 0 Å². The van der Waals surface area contributed by atoms with E-state index in [1.807, 2.05) is 13.0 Å². The normalized spacial score (nSPS) is 14.9. The number of amides is 2. The van der Waals surface area contributed by atoms with Crippen molar-refractivity contribution in [1.82, 2.24) is 4.90 Å². The van der Waals surface area contributed by atoms with Crippen LogP contribution in [0.5, 0.6) is 11.5 Å². The Labute approximate surface area is 211 Å². The van der Waals surface area contributed by atoms with E-state index in [9.17, 15) is 19.2 Å². The second-order valence-electron chi connectivity index (χ2n) is 8.51. The largest absolute Gasteiger partial charge is 0.490 e. The van der Waals surface area contributed by atoms with E-state index in [4.69, 9.17) is 9.47 Å². The molecule has 1 heterocycles. The van der Waals surface area contributed by atoms with Crippen LogP contribution in [0.25, 0.3) is 6.08 Å². The highest BCUT2D eigenvalue weighted by molar-refractivity contribution is 6.19. The first-order valence-electron chi connectivity index (χ1n) is 12.2. The van der Waals surface area contributed by atoms with Crippen molar-refractivity contribution in [3.05, 3.63) is 76.1 Å². The summed E-state index contributed by atoms with van der Waals surface area (Å²) in [5.41, 5.74) is 1.70. The van der Waals surface area contributed by atoms with Crippen LogP contribution in [-0.2, 0) is 16.2 Å². The molecule has 0 atom stereocenters. The number of nitriles is 1. The number of carbonyl (C=O) groups excluding carboxylic acids is 2. The second-order valence-corrected chi connectivity index (χ2v) is 8.51. The van der Waals surface area contributed by atoms with Gasteiger partial charge in [-0.15, -0.1) is 0 Å². The third-order valence-electron chi connectivity index (χ3n) is 5.98. The van der Waals surface area contributed by atoms with Gasteiger partial charge in [-0.3, -0.25) is 14.5 Å². The summed E-state index contributed by atoms with van der Waals surface area (Å²) in [6, 6.07) is 13.5. The van der Waals surface area contributed by atoms with Crippen molar-refractivity contribution in [2.75, 3.05) is 13.2 Å². The summed E-state index contributed by atoms with van der Waals surface area (Å²) in [4.78, 5) is 27.2. The summed E-state index contributed by atoms with van der Waals surface area (Å²) >= 11 is 0. The Morgan fingerprint density at radius 1 is 1.00 bits per heavy atom. The first kappa shape index (κ1) is 26.7. The molecule has 6 nitrogen and oxygen atoms in total. The Morgan fingerprint density at radius 3 is 2.47 bits per heavy atom. The molecule has 1 aliphatic rings. The van der Waals surface area contributed by atoms with E-state index in [0.29, 0.717) is 46.8 Å². The number of nitrogens with zero attached hydrogens (tertiary/aromatic N) is 2. The fraction of sp³-hybridized carbons (Fsp3) is 0.345. The maximum Gasteiger partial charge on any atom is 0.271 e. The van der Waals surface area contributed by atoms with Gasteiger partial charge in [0.2, 0.25) is 0 Å². The lowest BCUT2D eigenvalue weighted by atomic mass is 9.93. The van der Waals surface area contributed by atoms with Gasteiger partial charge in [0.25, 0.3) is 11.8 Å². The van der Waals surface area contributed by atoms with Crippen molar-refractivity contribution in [3.8, 4) is 17.6 Å². The van der Waals surface area contributed by atoms with E-state index in [1.165, 1.54) is 11.0 Å². The van der Waals surface area contributed by atoms with Gasteiger partial charge in [-0.1, -0.05) is 50.5 Å². The standard InChI is InChI=1S/C29H31FN2O4/c1-4-6-7-10-15-32-28(33)23(20(3)24(18-31)29(32)34)16-21-13-14-26(27(17-21)35-5-2)36-19-22-11-8-9-12-25(22)30/h8-9,11-14,16-17H,4-7,10,15,19H2,1-3H3/b23-16+. The number of hydrogen-bond donors (Lipinski definition) is 0. The Morgan fingerprint density at radius 2 is 1.78 bits per heavy atom. The maximum absolute atomic E-state index is 14.0. The predicted molar refractivity (Wildman–Crippen MR) is 135 cm³/mol. The maximum atomic E-state index is 14.0. The number of halogens is 1. The molecule has 0 saturated heterocycles. The predicted octanol–water partition coefficient (Wildman–Crippen LogP) is 5.98. The van der Waals surface area contributed by atoms with Gasteiger partial charge < -0.3 is 9.47 Å². The zero-order chi connectivity index (χ0) is 26.1. The van der Waals surface area contributed by atoms with Crippen LogP contribution < -0.4 is 9.47 Å². The first-order chi connectivity index (χ1) is 17.4. The molecule has 0 radical (unpaired) electrons. The second kappa shape index (κ2) is 12.7. The molecule has 0 spiro atoms. The molecular formula is C29H31FN2O4. The van der Waals surface area contributed by atoms with Gasteiger partial charge in [0.1, 0.15) is 24.1 Å². The Kier molecular flexibility index (Phi) is 9.40. The van der Waals surface area contributed by atoms with Crippen molar-refractivity contribution in [2.45, 2.75) is 53.1 Å². The average molecular weight is 491 g/mol. The van der Waals surface area contributed by atoms with Crippen LogP contribution in [0.1, 0.15) is 57.6 Å². The molecule has 0 bridgehead atoms. The molecule has 0 saturated carbocycles. The highest BCUT2D eigenvalue weighted by Gasteiger charge is 2.35. The molecule has 2 amide bonds. The van der Waals surface area contributed by atoms with Gasteiger partial charge in [-0.25, -0.2) is 4.39 Å². The van der Waals surface area contributed by atoms with Crippen LogP contribution in [0.15, 0.2) is 59.2 Å². The van der Waals surface area contributed by atoms with Crippen molar-refractivity contribution >= 4 is 17.9 Å². The SMILES string of the molecule is CCCCCCN1C(=O)C(C#N)=C(C)/C(=C\c2ccc(OCc3ccccc3F)c(OCC)c2)C1=O. The summed E-state index contributed by atoms with van der Waals surface area (Å²) in [7, 11) is 0. The average Bonchev–Trinajstić information content (AvgIpc) is 2.87. The van der Waals surface area contributed by atoms with Gasteiger partial charge in [0.05, 0.1) is 6.61 Å². The van der Waals surface area contributed by atoms with Crippen LogP contribution in [0.3, 0.4) is 0 Å². The molecule has 36 heavy (non-hydrogen) atoms. The van der Waals surface area contributed by atoms with Gasteiger partial charge in [0.15, 0.2) is 11.5 Å². The molecule has 7 heteroatoms. The highest BCUT2D eigenvalue weighted by atomic mass is 19.1. The summed E-state index contributed by atoms with van der Waals surface area (Å²) in [5, 5.41) is 9.60. The number of ether oxygens (including phenoxy) is 2. The minimum atomic E-state index is -0.541. The molecule has 2 aromatic rings. The van der Waals surface area contributed by atoms with E-state index < -0.39 is 11.8 Å². The van der Waals surface area contributed by atoms with Gasteiger partial charge in [-0.2, -0.15) is 5.26 Å². The Hall–Kier alpha value is -3.92. The Bertz CT molecular complexity index is 1230. The molecule has 1 aliphatic heterocycles. The van der Waals surface area contributed by atoms with Crippen LogP contribution in [0.4, 0.5) is 4.39 Å². The molecule has 3 rings (SSSR count). The molecule has 0 unspecified atom stereocenters. The highest BCUT2D eigenvalue weighted by Crippen LogP contribution is 2.32. The van der Waals surface area contributed by atoms with Crippen LogP contribution >= 0.6 is 0 Å². The molecule has 2 aromatic carbocycles. The zero-order valence-corrected chi connectivity index (χ0v) is 21.0. The van der Waals surface area contributed by atoms with Gasteiger partial charge >= 0.3 is 0 Å². The fourth-order valence-electron chi connectivity index (χ4n) is 3.97. The number of carbonyl (C=O) groups is 2. The van der Waals surface area contributed by atoms with E-state index in [0.717, 1.165) is 19.3 Å². The minimum absolute atomic E-state index is 0.0220. The summed E-state index contributed by atoms with van der Waals surface area (Å²) in [6.07, 6.45) is 5.31. The zero-order valence-electron chi connectivity index (χ0n) is 21.0. The third-order valence-corrected chi connectivity index (χ3v) is 5.98. The lowest BCUT2D eigenvalue weighted by molar-refractivity contribution is -0.140. The number of hydrogen-bond acceptors (Lipinski definition) is 5. The Balaban J connectivity index is 1.90. The molecule has 0 aliphatic carbocycles. The van der Waals surface area contributed by atoms with Crippen LogP contribution in [0, 0.1) is 17.1 Å². The number of imide groups is 1. The van der Waals surface area contributed by atoms with Crippen molar-refractivity contribution in [1.29, 1.82) is 5.26 Å². The first-order valence-corrected chi connectivity index (χ1v) is 12.2. The topological polar surface area (TPSA) is 79.6 Å². The van der Waals surface area contributed by atoms with E-state index in [2.05, 4.69) is 6.92 Å². The number of unbranched alkanes of at least 4 members (excludes halogenated alkanes) is 3. The molecule has 0 fully saturated rings. The molecular weight excluding hydrogens is 459 g/mol. The smallest absolute Gasteiger partial charge is 0.271 e. The quantitative estimate of drug-likeness (QED) is 0.220. The lowest BCUT2D eigenvalue weighted by Crippen LogP contribution is -2.43. The molecule has 188 valence electrons. The number of benzene rings is 2. The fourth-order valence-corrected chi connectivity index (χ4v) is 3.97. The van der Waals surface area contributed by atoms with Crippen LogP contribution in [0.2, 0.25) is 0 Å². The van der Waals surface area contributed by atoms with Gasteiger partial charge in [0, 0.05) is 17.7 Å². The third kappa shape index (κ3) is 6.19. The monoisotopic (exact) mass is 490 g/mol. The summed E-state index contributed by atoms with van der Waals surface area (Å²) in [5.74, 6) is -0.417. The van der Waals surface area contributed by atoms with E-state index in [-0.39, 0.29) is 24.5 Å². The summed E-state index contributed by atoms with van der Waals surface area (Å²) < 4.78 is 25.5. The summed E-state index contributed by atoms with van der Waals surface area (Å²) in [6.45, 7) is 6.24. The van der Waals surface area contributed by atoms with E-state index in [1.54, 1.807) is 49.4 Å². The molecule has 0 N–H and O–H groups in total. The minimum Gasteiger partial charge on any atom is -0.490 e. The van der Waals surface area contributed by atoms with Crippen molar-refractivity contribution in [2.24, 2.45) is 0 Å². The lowest BCUT2D eigenvalue weighted by Gasteiger charge is -2.27. The van der Waals surface area contributed by atoms with E-state index >= 15 is 0 Å². The molecule has 0 aromatic heterocycles. The van der Waals surface area contributed by atoms with Crippen LogP contribution in [-0.4, -0.2) is 29.9 Å². The number of rotatable bonds is 11. The van der Waals surface area contributed by atoms with Crippen molar-refractivity contribution < 1.29 is 23.5 Å². The van der Waals surface area contributed by atoms with Gasteiger partial charge in [-0.05, 0) is 55.7 Å².